The summed E-state index contributed by atoms with van der Waals surface area (Å²) in [7, 11) is 0. The number of fused-ring (bicyclic) bond motifs is 9. The number of anilines is 6. The van der Waals surface area contributed by atoms with Crippen molar-refractivity contribution in [2.24, 2.45) is 0 Å². The lowest BCUT2D eigenvalue weighted by Gasteiger charge is -2.50. The summed E-state index contributed by atoms with van der Waals surface area (Å²) in [5.74, 6) is 0. The third-order valence-corrected chi connectivity index (χ3v) is 20.8. The first-order valence-corrected chi connectivity index (χ1v) is 28.6. The minimum atomic E-state index is -0.0318. The third kappa shape index (κ3) is 7.34. The SMILES string of the molecule is Cc1cc2c3c(c1)N(c1c(C)cc(C(C)(C)C)cc1-c1ccc4c(c1)C(C)(C)CCC4(C)C)c1c(sc4c1C(C)(C)CCC4(C)C)B3c1ccc3c(c1N2c1ccc(C(C)(C)C)cc1)C(C)(C)CCC3(C)C. The molecule has 3 aliphatic carbocycles. The highest BCUT2D eigenvalue weighted by Crippen LogP contribution is 2.60. The summed E-state index contributed by atoms with van der Waals surface area (Å²) in [6.07, 6.45) is 7.10. The number of hydrogen-bond acceptors (Lipinski definition) is 3. The van der Waals surface area contributed by atoms with E-state index >= 15 is 0 Å². The topological polar surface area (TPSA) is 6.48 Å². The summed E-state index contributed by atoms with van der Waals surface area (Å²) in [6, 6.07) is 32.8. The van der Waals surface area contributed by atoms with Crippen LogP contribution in [0.5, 0.6) is 0 Å². The zero-order chi connectivity index (χ0) is 52.0. The van der Waals surface area contributed by atoms with Gasteiger partial charge in [-0.25, -0.2) is 0 Å². The van der Waals surface area contributed by atoms with Crippen molar-refractivity contribution in [3.8, 4) is 11.1 Å². The van der Waals surface area contributed by atoms with Gasteiger partial charge in [-0.05, 0) is 193 Å². The lowest BCUT2D eigenvalue weighted by molar-refractivity contribution is 0.332. The van der Waals surface area contributed by atoms with E-state index in [2.05, 4.69) is 238 Å². The predicted octanol–water partition coefficient (Wildman–Crippen LogP) is 17.8. The Morgan fingerprint density at radius 1 is 0.472 bits per heavy atom. The molecule has 11 rings (SSSR count). The monoisotopic (exact) mass is 973 g/mol. The molecule has 0 spiro atoms. The van der Waals surface area contributed by atoms with Crippen molar-refractivity contribution in [3.63, 3.8) is 0 Å². The van der Waals surface area contributed by atoms with Crippen molar-refractivity contribution in [1.82, 2.24) is 0 Å². The van der Waals surface area contributed by atoms with Crippen LogP contribution in [-0.4, -0.2) is 6.71 Å². The van der Waals surface area contributed by atoms with E-state index in [1.807, 2.05) is 0 Å². The third-order valence-electron chi connectivity index (χ3n) is 19.2. The van der Waals surface area contributed by atoms with E-state index in [0.717, 1.165) is 12.8 Å². The molecule has 376 valence electrons. The maximum Gasteiger partial charge on any atom is 0.264 e. The van der Waals surface area contributed by atoms with E-state index in [1.165, 1.54) is 126 Å². The molecule has 72 heavy (non-hydrogen) atoms. The normalized spacial score (nSPS) is 20.5. The second kappa shape index (κ2) is 15.5. The summed E-state index contributed by atoms with van der Waals surface area (Å²) in [5, 5.41) is 0. The highest BCUT2D eigenvalue weighted by Gasteiger charge is 2.53. The van der Waals surface area contributed by atoms with Crippen LogP contribution in [-0.2, 0) is 43.3 Å². The Kier molecular flexibility index (Phi) is 10.7. The second-order valence-corrected chi connectivity index (χ2v) is 30.6. The molecular weight excluding hydrogens is 888 g/mol. The number of rotatable bonds is 3. The van der Waals surface area contributed by atoms with Crippen molar-refractivity contribution >= 4 is 67.9 Å². The highest BCUT2D eigenvalue weighted by molar-refractivity contribution is 7.29. The van der Waals surface area contributed by atoms with Crippen molar-refractivity contribution < 1.29 is 0 Å². The first-order chi connectivity index (χ1) is 33.3. The van der Waals surface area contributed by atoms with Gasteiger partial charge in [0, 0.05) is 38.0 Å². The van der Waals surface area contributed by atoms with E-state index in [1.54, 1.807) is 16.0 Å². The van der Waals surface area contributed by atoms with Gasteiger partial charge < -0.3 is 9.80 Å². The van der Waals surface area contributed by atoms with Crippen molar-refractivity contribution in [2.45, 2.75) is 220 Å². The summed E-state index contributed by atoms with van der Waals surface area (Å²) in [5.41, 5.74) is 27.2. The van der Waals surface area contributed by atoms with Gasteiger partial charge in [0.2, 0.25) is 0 Å². The number of nitrogens with zero attached hydrogens (tertiary/aromatic N) is 2. The molecule has 2 nitrogen and oxygen atoms in total. The molecule has 0 unspecified atom stereocenters. The van der Waals surface area contributed by atoms with Crippen LogP contribution in [0.1, 0.15) is 218 Å². The van der Waals surface area contributed by atoms with Gasteiger partial charge in [-0.15, -0.1) is 0 Å². The average Bonchev–Trinajstić information content (AvgIpc) is 3.71. The van der Waals surface area contributed by atoms with Crippen LogP contribution in [0.2, 0.25) is 0 Å². The van der Waals surface area contributed by atoms with E-state index in [4.69, 9.17) is 0 Å². The van der Waals surface area contributed by atoms with Crippen LogP contribution in [0, 0.1) is 13.8 Å². The van der Waals surface area contributed by atoms with E-state index < -0.39 is 0 Å². The summed E-state index contributed by atoms with van der Waals surface area (Å²) in [4.78, 5) is 7.20. The Bertz CT molecular complexity index is 3240. The largest absolute Gasteiger partial charge is 0.311 e. The van der Waals surface area contributed by atoms with Gasteiger partial charge in [0.25, 0.3) is 6.71 Å². The van der Waals surface area contributed by atoms with Gasteiger partial charge in [-0.2, -0.15) is 11.3 Å². The summed E-state index contributed by atoms with van der Waals surface area (Å²) in [6.45, 7) is 49.3. The van der Waals surface area contributed by atoms with E-state index in [9.17, 15) is 0 Å². The molecule has 0 saturated heterocycles. The quantitative estimate of drug-likeness (QED) is 0.163. The van der Waals surface area contributed by atoms with Gasteiger partial charge in [-0.1, -0.05) is 173 Å². The Morgan fingerprint density at radius 2 is 1.00 bits per heavy atom. The van der Waals surface area contributed by atoms with Gasteiger partial charge >= 0.3 is 0 Å². The van der Waals surface area contributed by atoms with Crippen LogP contribution in [0.4, 0.5) is 34.1 Å². The number of benzene rings is 5. The molecule has 0 bridgehead atoms. The molecule has 0 fully saturated rings. The number of aryl methyl sites for hydroxylation is 2. The molecular formula is C68H85BN2S. The van der Waals surface area contributed by atoms with Crippen LogP contribution in [0.15, 0.2) is 78.9 Å². The van der Waals surface area contributed by atoms with Gasteiger partial charge in [0.05, 0.1) is 11.4 Å². The fourth-order valence-electron chi connectivity index (χ4n) is 14.2. The Morgan fingerprint density at radius 3 is 1.61 bits per heavy atom. The molecule has 0 saturated carbocycles. The zero-order valence-corrected chi connectivity index (χ0v) is 48.9. The second-order valence-electron chi connectivity index (χ2n) is 29.6. The van der Waals surface area contributed by atoms with Crippen molar-refractivity contribution in [3.05, 3.63) is 134 Å². The fraction of sp³-hybridized carbons (Fsp3) is 0.500. The van der Waals surface area contributed by atoms with Crippen LogP contribution < -0.4 is 25.5 Å². The summed E-state index contributed by atoms with van der Waals surface area (Å²) < 4.78 is 1.52. The summed E-state index contributed by atoms with van der Waals surface area (Å²) >= 11 is 2.16. The molecule has 2 aliphatic heterocycles. The Labute approximate surface area is 440 Å². The van der Waals surface area contributed by atoms with Crippen LogP contribution in [0.3, 0.4) is 0 Å². The lowest BCUT2D eigenvalue weighted by atomic mass is 9.35. The molecule has 0 radical (unpaired) electrons. The Hall–Kier alpha value is -4.54. The maximum atomic E-state index is 2.86. The maximum absolute atomic E-state index is 2.86. The van der Waals surface area contributed by atoms with Crippen molar-refractivity contribution in [2.75, 3.05) is 9.80 Å². The van der Waals surface area contributed by atoms with Gasteiger partial charge in [0.1, 0.15) is 0 Å². The Balaban J connectivity index is 1.30. The highest BCUT2D eigenvalue weighted by atomic mass is 32.1. The molecule has 5 aliphatic rings. The van der Waals surface area contributed by atoms with Crippen LogP contribution >= 0.6 is 11.3 Å². The van der Waals surface area contributed by atoms with Gasteiger partial charge in [0.15, 0.2) is 0 Å². The minimum Gasteiger partial charge on any atom is -0.311 e. The van der Waals surface area contributed by atoms with Gasteiger partial charge in [-0.3, -0.25) is 0 Å². The molecule has 1 aromatic heterocycles. The fourth-order valence-corrected chi connectivity index (χ4v) is 16.0. The standard InChI is InChI=1S/C68H85BN2S/c1-40-35-51-55-52(36-40)71(56-41(2)37-44(62(6,7)8)39-46(56)42-21-26-47-49(38-42)65(13,14)30-29-63(47,9)10)58-54-59(68(19,20)34-33-67(54,17)18)72-60(58)69(55)50-28-27-48-53(66(15,16)32-31-64(48,11)12)57(50)70(51)45-24-22-43(23-25-45)61(3,4)5/h21-28,35-39H,29-34H2,1-20H3. The smallest absolute Gasteiger partial charge is 0.264 e. The minimum absolute atomic E-state index is 0.00831. The molecule has 5 aromatic carbocycles. The molecule has 4 heteroatoms. The molecule has 6 aromatic rings. The first-order valence-electron chi connectivity index (χ1n) is 27.8. The number of hydrogen-bond donors (Lipinski definition) is 0. The van der Waals surface area contributed by atoms with Crippen LogP contribution in [0.25, 0.3) is 11.1 Å². The number of thiophene rings is 1. The van der Waals surface area contributed by atoms with E-state index in [0.29, 0.717) is 0 Å². The molecule has 3 heterocycles. The van der Waals surface area contributed by atoms with E-state index in [-0.39, 0.29) is 50.0 Å². The lowest BCUT2D eigenvalue weighted by Crippen LogP contribution is -2.61. The predicted molar refractivity (Wildman–Crippen MR) is 317 cm³/mol. The molecule has 0 amide bonds. The first kappa shape index (κ1) is 49.7. The van der Waals surface area contributed by atoms with Crippen molar-refractivity contribution in [1.29, 1.82) is 0 Å². The average molecular weight is 973 g/mol. The zero-order valence-electron chi connectivity index (χ0n) is 48.1. The molecule has 0 atom stereocenters. The molecule has 0 N–H and O–H groups in total.